The Labute approximate surface area is 61.8 Å². The van der Waals surface area contributed by atoms with Crippen molar-refractivity contribution in [3.63, 3.8) is 0 Å². The van der Waals surface area contributed by atoms with Crippen LogP contribution in [0.4, 0.5) is 0 Å². The molecule has 0 atom stereocenters. The topological polar surface area (TPSA) is 44.3 Å². The van der Waals surface area contributed by atoms with Crippen LogP contribution in [0.5, 0.6) is 0 Å². The molecule has 0 heterocycles. The van der Waals surface area contributed by atoms with Crippen LogP contribution < -0.4 is 10.8 Å². The molecule has 0 amide bonds. The molecule has 0 aromatic heterocycles. The summed E-state index contributed by atoms with van der Waals surface area (Å²) in [4.78, 5) is 0. The largest absolute Gasteiger partial charge is 0.317 e. The van der Waals surface area contributed by atoms with Gasteiger partial charge in [0, 0.05) is 12.1 Å². The molecule has 3 N–H and O–H groups in total. The molecule has 0 aromatic rings. The van der Waals surface area contributed by atoms with Gasteiger partial charge in [-0.25, -0.2) is 5.48 Å². The van der Waals surface area contributed by atoms with Crippen molar-refractivity contribution in [1.82, 2.24) is 10.8 Å². The molecule has 3 heteroatoms. The maximum Gasteiger partial charge on any atom is 0.0320 e. The van der Waals surface area contributed by atoms with Gasteiger partial charge < -0.3 is 10.5 Å². The first kappa shape index (κ1) is 7.98. The molecule has 0 saturated heterocycles. The van der Waals surface area contributed by atoms with E-state index in [1.54, 1.807) is 0 Å². The van der Waals surface area contributed by atoms with Gasteiger partial charge in [0.15, 0.2) is 0 Å². The number of rotatable bonds is 2. The minimum atomic E-state index is 0.338. The molecular weight excluding hydrogens is 128 g/mol. The second-order valence-electron chi connectivity index (χ2n) is 2.97. The maximum absolute atomic E-state index is 8.58. The van der Waals surface area contributed by atoms with E-state index in [-0.39, 0.29) is 0 Å². The third-order valence-electron chi connectivity index (χ3n) is 2.32. The quantitative estimate of drug-likeness (QED) is 0.494. The van der Waals surface area contributed by atoms with E-state index in [0.717, 1.165) is 12.8 Å². The zero-order chi connectivity index (χ0) is 7.40. The molecule has 1 rings (SSSR count). The average molecular weight is 144 g/mol. The lowest BCUT2D eigenvalue weighted by atomic mass is 9.92. The zero-order valence-corrected chi connectivity index (χ0v) is 6.43. The van der Waals surface area contributed by atoms with Crippen LogP contribution in [0.15, 0.2) is 0 Å². The highest BCUT2D eigenvalue weighted by atomic mass is 16.5. The van der Waals surface area contributed by atoms with Gasteiger partial charge in [0.25, 0.3) is 0 Å². The normalized spacial score (nSPS) is 34.2. The lowest BCUT2D eigenvalue weighted by Crippen LogP contribution is -2.37. The first-order valence-electron chi connectivity index (χ1n) is 3.93. The van der Waals surface area contributed by atoms with Crippen molar-refractivity contribution in [2.75, 3.05) is 7.05 Å². The van der Waals surface area contributed by atoms with Crippen LogP contribution in [-0.2, 0) is 0 Å². The fourth-order valence-electron chi connectivity index (χ4n) is 1.51. The molecule has 60 valence electrons. The SMILES string of the molecule is CN[C@H]1CC[C@H](NO)CC1. The lowest BCUT2D eigenvalue weighted by molar-refractivity contribution is 0.102. The van der Waals surface area contributed by atoms with Crippen molar-refractivity contribution in [3.8, 4) is 0 Å². The predicted octanol–water partition coefficient (Wildman–Crippen LogP) is 0.496. The molecule has 0 spiro atoms. The van der Waals surface area contributed by atoms with Crippen molar-refractivity contribution in [2.24, 2.45) is 0 Å². The van der Waals surface area contributed by atoms with Crippen LogP contribution in [0.2, 0.25) is 0 Å². The number of hydroxylamine groups is 1. The van der Waals surface area contributed by atoms with Gasteiger partial charge in [-0.15, -0.1) is 0 Å². The second-order valence-corrected chi connectivity index (χ2v) is 2.97. The van der Waals surface area contributed by atoms with Gasteiger partial charge in [-0.3, -0.25) is 0 Å². The van der Waals surface area contributed by atoms with Gasteiger partial charge in [0.1, 0.15) is 0 Å². The first-order valence-corrected chi connectivity index (χ1v) is 3.93. The van der Waals surface area contributed by atoms with Crippen molar-refractivity contribution in [3.05, 3.63) is 0 Å². The summed E-state index contributed by atoms with van der Waals surface area (Å²) in [6.45, 7) is 0. The van der Waals surface area contributed by atoms with Gasteiger partial charge in [0.2, 0.25) is 0 Å². The first-order chi connectivity index (χ1) is 4.86. The molecule has 1 fully saturated rings. The highest BCUT2D eigenvalue weighted by Crippen LogP contribution is 2.17. The lowest BCUT2D eigenvalue weighted by Gasteiger charge is -2.26. The van der Waals surface area contributed by atoms with Gasteiger partial charge in [-0.05, 0) is 32.7 Å². The predicted molar refractivity (Wildman–Crippen MR) is 40.0 cm³/mol. The Morgan fingerprint density at radius 2 is 1.60 bits per heavy atom. The molecule has 3 nitrogen and oxygen atoms in total. The van der Waals surface area contributed by atoms with Gasteiger partial charge in [-0.2, -0.15) is 0 Å². The summed E-state index contributed by atoms with van der Waals surface area (Å²) in [5.74, 6) is 0. The second kappa shape index (κ2) is 3.91. The zero-order valence-electron chi connectivity index (χ0n) is 6.43. The van der Waals surface area contributed by atoms with Gasteiger partial charge in [-0.1, -0.05) is 0 Å². The fourth-order valence-corrected chi connectivity index (χ4v) is 1.51. The summed E-state index contributed by atoms with van der Waals surface area (Å²) < 4.78 is 0. The van der Waals surface area contributed by atoms with E-state index < -0.39 is 0 Å². The molecule has 1 saturated carbocycles. The van der Waals surface area contributed by atoms with E-state index in [2.05, 4.69) is 10.8 Å². The van der Waals surface area contributed by atoms with Crippen LogP contribution in [0, 0.1) is 0 Å². The summed E-state index contributed by atoms with van der Waals surface area (Å²) in [6, 6.07) is 1.01. The summed E-state index contributed by atoms with van der Waals surface area (Å²) in [6.07, 6.45) is 4.52. The molecule has 1 aliphatic rings. The third-order valence-corrected chi connectivity index (χ3v) is 2.32. The minimum Gasteiger partial charge on any atom is -0.317 e. The maximum atomic E-state index is 8.58. The van der Waals surface area contributed by atoms with E-state index in [0.29, 0.717) is 12.1 Å². The van der Waals surface area contributed by atoms with Crippen molar-refractivity contribution in [1.29, 1.82) is 0 Å². The standard InChI is InChI=1S/C7H16N2O/c1-8-6-2-4-7(9-10)5-3-6/h6-10H,2-5H2,1H3/t6-,7-. The molecule has 1 aliphatic carbocycles. The highest BCUT2D eigenvalue weighted by molar-refractivity contribution is 4.77. The van der Waals surface area contributed by atoms with Crippen LogP contribution in [0.3, 0.4) is 0 Å². The van der Waals surface area contributed by atoms with E-state index >= 15 is 0 Å². The van der Waals surface area contributed by atoms with E-state index in [9.17, 15) is 0 Å². The van der Waals surface area contributed by atoms with Crippen LogP contribution in [0.25, 0.3) is 0 Å². The summed E-state index contributed by atoms with van der Waals surface area (Å²) >= 11 is 0. The molecule has 0 bridgehead atoms. The third kappa shape index (κ3) is 1.94. The Hall–Kier alpha value is -0.120. The molecule has 0 aliphatic heterocycles. The minimum absolute atomic E-state index is 0.338. The van der Waals surface area contributed by atoms with E-state index in [1.165, 1.54) is 12.8 Å². The summed E-state index contributed by atoms with van der Waals surface area (Å²) in [5.41, 5.74) is 2.32. The molecule has 0 aromatic carbocycles. The van der Waals surface area contributed by atoms with Crippen LogP contribution in [-0.4, -0.2) is 24.3 Å². The fraction of sp³-hybridized carbons (Fsp3) is 1.00. The smallest absolute Gasteiger partial charge is 0.0320 e. The van der Waals surface area contributed by atoms with Gasteiger partial charge >= 0.3 is 0 Å². The molecule has 10 heavy (non-hydrogen) atoms. The van der Waals surface area contributed by atoms with Gasteiger partial charge in [0.05, 0.1) is 0 Å². The number of nitrogens with one attached hydrogen (secondary N) is 2. The monoisotopic (exact) mass is 144 g/mol. The van der Waals surface area contributed by atoms with Crippen LogP contribution in [0.1, 0.15) is 25.7 Å². The number of hydrogen-bond donors (Lipinski definition) is 3. The Morgan fingerprint density at radius 1 is 1.10 bits per heavy atom. The Kier molecular flexibility index (Phi) is 3.12. The Balaban J connectivity index is 2.17. The summed E-state index contributed by atoms with van der Waals surface area (Å²) in [5, 5.41) is 11.8. The van der Waals surface area contributed by atoms with E-state index in [4.69, 9.17) is 5.21 Å². The van der Waals surface area contributed by atoms with Crippen LogP contribution >= 0.6 is 0 Å². The van der Waals surface area contributed by atoms with Crippen molar-refractivity contribution >= 4 is 0 Å². The summed E-state index contributed by atoms with van der Waals surface area (Å²) in [7, 11) is 2.00. The van der Waals surface area contributed by atoms with E-state index in [1.807, 2.05) is 7.05 Å². The van der Waals surface area contributed by atoms with Crippen molar-refractivity contribution < 1.29 is 5.21 Å². The Morgan fingerprint density at radius 3 is 2.00 bits per heavy atom. The average Bonchev–Trinajstić information content (AvgIpc) is 2.05. The molecular formula is C7H16N2O. The number of hydrogen-bond acceptors (Lipinski definition) is 3. The molecule has 0 radical (unpaired) electrons. The Bertz CT molecular complexity index is 77.6. The van der Waals surface area contributed by atoms with Crippen molar-refractivity contribution in [2.45, 2.75) is 37.8 Å². The highest BCUT2D eigenvalue weighted by Gasteiger charge is 2.18. The molecule has 0 unspecified atom stereocenters.